The van der Waals surface area contributed by atoms with E-state index >= 15 is 0 Å². The predicted octanol–water partition coefficient (Wildman–Crippen LogP) is 14.2. The summed E-state index contributed by atoms with van der Waals surface area (Å²) >= 11 is -0.287. The molecule has 0 fully saturated rings. The first-order chi connectivity index (χ1) is 27.3. The van der Waals surface area contributed by atoms with Gasteiger partial charge >= 0.3 is 0 Å². The molecule has 0 aliphatic carbocycles. The summed E-state index contributed by atoms with van der Waals surface area (Å²) in [6.07, 6.45) is 2.30. The highest BCUT2D eigenvalue weighted by Crippen LogP contribution is 2.43. The molecule has 0 unspecified atom stereocenters. The summed E-state index contributed by atoms with van der Waals surface area (Å²) < 4.78 is 12.2. The molecule has 11 rings (SSSR count). The molecule has 0 spiro atoms. The topological polar surface area (TPSA) is 21.3 Å². The van der Waals surface area contributed by atoms with E-state index in [0.717, 1.165) is 32.1 Å². The van der Waals surface area contributed by atoms with E-state index in [2.05, 4.69) is 208 Å². The molecule has 0 bridgehead atoms. The van der Waals surface area contributed by atoms with Crippen molar-refractivity contribution in [2.75, 3.05) is 4.90 Å². The van der Waals surface area contributed by atoms with Crippen LogP contribution < -0.4 is 4.90 Å². The normalized spacial score (nSPS) is 12.5. The molecule has 1 aliphatic rings. The Morgan fingerprint density at radius 1 is 0.473 bits per heavy atom. The van der Waals surface area contributed by atoms with Crippen molar-refractivity contribution in [2.45, 2.75) is 0 Å². The summed E-state index contributed by atoms with van der Waals surface area (Å²) in [4.78, 5) is 2.38. The maximum atomic E-state index is 6.32. The molecule has 10 aromatic rings. The molecule has 0 radical (unpaired) electrons. The maximum absolute atomic E-state index is 6.32. The minimum absolute atomic E-state index is 0.287. The number of anilines is 3. The van der Waals surface area contributed by atoms with Gasteiger partial charge in [-0.15, -0.1) is 0 Å². The van der Waals surface area contributed by atoms with Crippen molar-refractivity contribution in [3.8, 4) is 16.8 Å². The lowest BCUT2D eigenvalue weighted by molar-refractivity contribution is 0.582. The number of benzene rings is 8. The van der Waals surface area contributed by atoms with Gasteiger partial charge < -0.3 is 13.9 Å². The Balaban J connectivity index is 0.992. The third-order valence-electron chi connectivity index (χ3n) is 10.8. The Hall–Kier alpha value is -6.50. The van der Waals surface area contributed by atoms with Gasteiger partial charge in [0, 0.05) is 44.2 Å². The van der Waals surface area contributed by atoms with Crippen molar-refractivity contribution in [2.24, 2.45) is 0 Å². The van der Waals surface area contributed by atoms with Gasteiger partial charge in [-0.05, 0) is 125 Å². The second kappa shape index (κ2) is 13.1. The molecule has 1 aliphatic heterocycles. The van der Waals surface area contributed by atoms with Crippen LogP contribution in [0.3, 0.4) is 0 Å². The van der Waals surface area contributed by atoms with Crippen LogP contribution in [0.15, 0.2) is 199 Å². The quantitative estimate of drug-likeness (QED) is 0.156. The molecule has 0 saturated heterocycles. The average Bonchev–Trinajstić information content (AvgIpc) is 3.81. The first kappa shape index (κ1) is 32.0. The van der Waals surface area contributed by atoms with Crippen LogP contribution in [0, 0.1) is 3.77 Å². The molecule has 8 aromatic carbocycles. The maximum Gasteiger partial charge on any atom is 0.167 e. The monoisotopic (exact) mass is 816 g/mol. The lowest BCUT2D eigenvalue weighted by Gasteiger charge is -2.27. The van der Waals surface area contributed by atoms with E-state index in [0.29, 0.717) is 0 Å². The number of para-hydroxylation sites is 3. The van der Waals surface area contributed by atoms with Crippen LogP contribution in [-0.4, -0.2) is 8.58 Å². The number of hydrogen-bond donors (Lipinski definition) is 0. The van der Waals surface area contributed by atoms with Crippen LogP contribution in [0.2, 0.25) is 0 Å². The van der Waals surface area contributed by atoms with Crippen LogP contribution in [0.25, 0.3) is 65.9 Å². The number of hydrogen-bond acceptors (Lipinski definition) is 2. The van der Waals surface area contributed by atoms with Gasteiger partial charge in [0.05, 0.1) is 16.7 Å². The lowest BCUT2D eigenvalue weighted by Crippen LogP contribution is -2.10. The van der Waals surface area contributed by atoms with E-state index in [4.69, 9.17) is 4.42 Å². The minimum Gasteiger partial charge on any atom is -0.450 e. The summed E-state index contributed by atoms with van der Waals surface area (Å²) in [5.74, 6) is 0. The van der Waals surface area contributed by atoms with Crippen molar-refractivity contribution in [1.82, 2.24) is 4.57 Å². The third-order valence-corrected chi connectivity index (χ3v) is 12.8. The van der Waals surface area contributed by atoms with E-state index in [1.807, 2.05) is 0 Å². The van der Waals surface area contributed by atoms with Crippen molar-refractivity contribution in [1.29, 1.82) is 0 Å². The first-order valence-electron chi connectivity index (χ1n) is 18.5. The fourth-order valence-corrected chi connectivity index (χ4v) is 10.4. The number of aromatic nitrogens is 1. The van der Waals surface area contributed by atoms with Crippen molar-refractivity contribution < 1.29 is 4.42 Å². The van der Waals surface area contributed by atoms with Gasteiger partial charge in [0.1, 0.15) is 5.58 Å². The summed E-state index contributed by atoms with van der Waals surface area (Å²) in [6.45, 7) is 0. The molecule has 3 heterocycles. The highest BCUT2D eigenvalue weighted by atomic mass is 127. The molecular formula is C51H33IN2O. The number of halogens is 1. The molecule has 0 atom stereocenters. The predicted molar refractivity (Wildman–Crippen MR) is 240 cm³/mol. The van der Waals surface area contributed by atoms with Crippen LogP contribution in [0.1, 0.15) is 11.1 Å². The van der Waals surface area contributed by atoms with Crippen molar-refractivity contribution in [3.05, 3.63) is 209 Å². The smallest absolute Gasteiger partial charge is 0.167 e. The third kappa shape index (κ3) is 5.36. The molecule has 2 aromatic heterocycles. The molecule has 4 heteroatoms. The van der Waals surface area contributed by atoms with Crippen LogP contribution in [0.5, 0.6) is 0 Å². The zero-order valence-electron chi connectivity index (χ0n) is 29.7. The molecule has 55 heavy (non-hydrogen) atoms. The molecular weight excluding hydrogens is 783 g/mol. The highest BCUT2D eigenvalue weighted by molar-refractivity contribution is 14.2. The van der Waals surface area contributed by atoms with E-state index in [9.17, 15) is 0 Å². The Morgan fingerprint density at radius 3 is 1.84 bits per heavy atom. The van der Waals surface area contributed by atoms with Gasteiger partial charge in [0.25, 0.3) is 0 Å². The Kier molecular flexibility index (Phi) is 7.62. The van der Waals surface area contributed by atoms with Crippen molar-refractivity contribution >= 4 is 90.9 Å². The van der Waals surface area contributed by atoms with Crippen LogP contribution in [0.4, 0.5) is 17.1 Å². The van der Waals surface area contributed by atoms with E-state index in [-0.39, 0.29) is 20.7 Å². The summed E-state index contributed by atoms with van der Waals surface area (Å²) in [5.41, 5.74) is 13.9. The molecule has 0 amide bonds. The van der Waals surface area contributed by atoms with Gasteiger partial charge in [0.2, 0.25) is 0 Å². The first-order valence-corrected chi connectivity index (χ1v) is 20.9. The van der Waals surface area contributed by atoms with Gasteiger partial charge in [0.15, 0.2) is 3.77 Å². The van der Waals surface area contributed by atoms with E-state index < -0.39 is 0 Å². The van der Waals surface area contributed by atoms with Crippen molar-refractivity contribution in [3.63, 3.8) is 0 Å². The van der Waals surface area contributed by atoms with E-state index in [1.54, 1.807) is 0 Å². The second-order valence-electron chi connectivity index (χ2n) is 13.9. The zero-order chi connectivity index (χ0) is 36.3. The molecule has 260 valence electrons. The largest absolute Gasteiger partial charge is 0.450 e. The zero-order valence-corrected chi connectivity index (χ0v) is 31.9. The van der Waals surface area contributed by atoms with Gasteiger partial charge in [-0.3, -0.25) is 0 Å². The Bertz CT molecular complexity index is 3090. The fourth-order valence-electron chi connectivity index (χ4n) is 8.27. The van der Waals surface area contributed by atoms with Crippen LogP contribution >= 0.6 is 20.7 Å². The summed E-state index contributed by atoms with van der Waals surface area (Å²) in [5, 5.41) is 6.15. The average molecular weight is 817 g/mol. The standard InChI is InChI=1S/C51H33IN2O/c1-2-15-41-35(11-1)12-10-21-46(41)53(39-27-29-40(30-28-39)54-47-19-6-3-16-43(47)44-17-4-7-20-48(44)54)38-25-23-34(24-26-38)36-13-9-14-37(33-36)42-31-32-52-51-50(42)45-18-5-8-22-49(45)55-51/h1-33H. The number of nitrogens with zero attached hydrogens (tertiary/aromatic N) is 2. The van der Waals surface area contributed by atoms with Crippen LogP contribution in [-0.2, 0) is 0 Å². The summed E-state index contributed by atoms with van der Waals surface area (Å²) in [7, 11) is 0. The molecule has 0 saturated carbocycles. The Labute approximate surface area is 328 Å². The molecule has 0 N–H and O–H groups in total. The number of fused-ring (bicyclic) bond motifs is 7. The SMILES string of the molecule is C1=Ic2oc3ccccc3c2C(c2cccc(-c3ccc(N(c4ccc(-n5c6ccccc6c6ccccc65)cc4)c4cccc5ccccc45)cc3)c2)=C1. The van der Waals surface area contributed by atoms with Gasteiger partial charge in [-0.1, -0.05) is 121 Å². The highest BCUT2D eigenvalue weighted by Gasteiger charge is 2.21. The van der Waals surface area contributed by atoms with E-state index in [1.165, 1.54) is 65.8 Å². The minimum atomic E-state index is -0.287. The summed E-state index contributed by atoms with van der Waals surface area (Å²) in [6, 6.07) is 67.9. The number of rotatable bonds is 6. The van der Waals surface area contributed by atoms with Gasteiger partial charge in [-0.2, -0.15) is 0 Å². The number of allylic oxidation sites excluding steroid dienone is 1. The Morgan fingerprint density at radius 2 is 1.07 bits per heavy atom. The van der Waals surface area contributed by atoms with Gasteiger partial charge in [-0.25, -0.2) is 0 Å². The lowest BCUT2D eigenvalue weighted by atomic mass is 9.94. The molecule has 3 nitrogen and oxygen atoms in total. The second-order valence-corrected chi connectivity index (χ2v) is 16.2. The number of furan rings is 1. The fraction of sp³-hybridized carbons (Fsp3) is 0.